The first-order valence-corrected chi connectivity index (χ1v) is 6.66. The molecule has 0 spiro atoms. The van der Waals surface area contributed by atoms with Crippen molar-refractivity contribution in [2.45, 2.75) is 26.7 Å². The molecule has 0 radical (unpaired) electrons. The average Bonchev–Trinajstić information content (AvgIpc) is 2.86. The summed E-state index contributed by atoms with van der Waals surface area (Å²) in [4.78, 5) is 0. The monoisotopic (exact) mass is 267 g/mol. The SMILES string of the molecule is CCOC(CNCc1ccc2c(c1)OCO2)OCC. The smallest absolute Gasteiger partial charge is 0.231 e. The highest BCUT2D eigenvalue weighted by Gasteiger charge is 2.13. The molecule has 1 N–H and O–H groups in total. The number of benzene rings is 1. The summed E-state index contributed by atoms with van der Waals surface area (Å²) in [5.41, 5.74) is 1.15. The quantitative estimate of drug-likeness (QED) is 0.729. The fourth-order valence-electron chi connectivity index (χ4n) is 1.92. The van der Waals surface area contributed by atoms with E-state index in [1.165, 1.54) is 0 Å². The van der Waals surface area contributed by atoms with Gasteiger partial charge in [0.1, 0.15) is 0 Å². The highest BCUT2D eigenvalue weighted by molar-refractivity contribution is 5.44. The van der Waals surface area contributed by atoms with E-state index in [0.29, 0.717) is 26.6 Å². The molecular formula is C14H21NO4. The molecule has 2 rings (SSSR count). The third-order valence-electron chi connectivity index (χ3n) is 2.78. The number of rotatable bonds is 8. The van der Waals surface area contributed by atoms with Gasteiger partial charge >= 0.3 is 0 Å². The zero-order chi connectivity index (χ0) is 13.5. The van der Waals surface area contributed by atoms with Gasteiger partial charge in [0.2, 0.25) is 6.79 Å². The third kappa shape index (κ3) is 4.09. The Hall–Kier alpha value is -1.30. The first-order chi connectivity index (χ1) is 9.33. The molecule has 1 aromatic rings. The molecule has 1 heterocycles. The Balaban J connectivity index is 1.78. The third-order valence-corrected chi connectivity index (χ3v) is 2.78. The van der Waals surface area contributed by atoms with Crippen molar-refractivity contribution in [1.29, 1.82) is 0 Å². The molecule has 0 saturated carbocycles. The number of ether oxygens (including phenoxy) is 4. The number of hydrogen-bond donors (Lipinski definition) is 1. The van der Waals surface area contributed by atoms with Gasteiger partial charge in [0, 0.05) is 26.3 Å². The molecular weight excluding hydrogens is 246 g/mol. The number of nitrogens with one attached hydrogen (secondary N) is 1. The van der Waals surface area contributed by atoms with E-state index >= 15 is 0 Å². The first kappa shape index (κ1) is 14.1. The van der Waals surface area contributed by atoms with E-state index in [-0.39, 0.29) is 6.29 Å². The minimum absolute atomic E-state index is 0.191. The zero-order valence-corrected chi connectivity index (χ0v) is 11.5. The van der Waals surface area contributed by atoms with Crippen molar-refractivity contribution < 1.29 is 18.9 Å². The highest BCUT2D eigenvalue weighted by Crippen LogP contribution is 2.32. The summed E-state index contributed by atoms with van der Waals surface area (Å²) in [5.74, 6) is 1.62. The Bertz CT molecular complexity index is 391. The van der Waals surface area contributed by atoms with Crippen molar-refractivity contribution in [3.8, 4) is 11.5 Å². The molecule has 1 aliphatic heterocycles. The van der Waals surface area contributed by atoms with Gasteiger partial charge in [-0.25, -0.2) is 0 Å². The molecule has 1 aromatic carbocycles. The molecule has 0 bridgehead atoms. The van der Waals surface area contributed by atoms with E-state index in [9.17, 15) is 0 Å². The summed E-state index contributed by atoms with van der Waals surface area (Å²) in [6.45, 7) is 6.94. The van der Waals surface area contributed by atoms with Crippen LogP contribution in [0.3, 0.4) is 0 Å². The largest absolute Gasteiger partial charge is 0.454 e. The minimum atomic E-state index is -0.191. The van der Waals surface area contributed by atoms with Crippen molar-refractivity contribution in [2.75, 3.05) is 26.6 Å². The van der Waals surface area contributed by atoms with Crippen LogP contribution >= 0.6 is 0 Å². The van der Waals surface area contributed by atoms with Crippen LogP contribution < -0.4 is 14.8 Å². The van der Waals surface area contributed by atoms with Gasteiger partial charge in [-0.3, -0.25) is 0 Å². The van der Waals surface area contributed by atoms with Crippen LogP contribution in [0.1, 0.15) is 19.4 Å². The predicted molar refractivity (Wildman–Crippen MR) is 71.3 cm³/mol. The average molecular weight is 267 g/mol. The topological polar surface area (TPSA) is 49.0 Å². The number of fused-ring (bicyclic) bond motifs is 1. The summed E-state index contributed by atoms with van der Waals surface area (Å²) in [5, 5.41) is 3.32. The molecule has 19 heavy (non-hydrogen) atoms. The van der Waals surface area contributed by atoms with Gasteiger partial charge in [0.05, 0.1) is 0 Å². The van der Waals surface area contributed by atoms with Crippen molar-refractivity contribution in [2.24, 2.45) is 0 Å². The van der Waals surface area contributed by atoms with Crippen LogP contribution in [-0.2, 0) is 16.0 Å². The lowest BCUT2D eigenvalue weighted by molar-refractivity contribution is -0.133. The van der Waals surface area contributed by atoms with E-state index in [1.54, 1.807) is 0 Å². The van der Waals surface area contributed by atoms with Crippen molar-refractivity contribution in [3.05, 3.63) is 23.8 Å². The van der Waals surface area contributed by atoms with Crippen molar-refractivity contribution in [3.63, 3.8) is 0 Å². The molecule has 0 saturated heterocycles. The first-order valence-electron chi connectivity index (χ1n) is 6.66. The van der Waals surface area contributed by atoms with Crippen LogP contribution in [0.4, 0.5) is 0 Å². The summed E-state index contributed by atoms with van der Waals surface area (Å²) in [6.07, 6.45) is -0.191. The molecule has 0 fully saturated rings. The molecule has 0 amide bonds. The van der Waals surface area contributed by atoms with Gasteiger partial charge in [-0.15, -0.1) is 0 Å². The van der Waals surface area contributed by atoms with E-state index in [2.05, 4.69) is 5.32 Å². The maximum Gasteiger partial charge on any atom is 0.231 e. The van der Waals surface area contributed by atoms with Crippen LogP contribution in [0.15, 0.2) is 18.2 Å². The Morgan fingerprint density at radius 1 is 1.16 bits per heavy atom. The maximum atomic E-state index is 5.46. The van der Waals surface area contributed by atoms with Gasteiger partial charge in [-0.05, 0) is 31.5 Å². The molecule has 106 valence electrons. The van der Waals surface area contributed by atoms with E-state index in [4.69, 9.17) is 18.9 Å². The van der Waals surface area contributed by atoms with Gasteiger partial charge in [0.15, 0.2) is 17.8 Å². The van der Waals surface area contributed by atoms with Crippen molar-refractivity contribution in [1.82, 2.24) is 5.32 Å². The van der Waals surface area contributed by atoms with Gasteiger partial charge in [-0.2, -0.15) is 0 Å². The van der Waals surface area contributed by atoms with E-state index < -0.39 is 0 Å². The predicted octanol–water partition coefficient (Wildman–Crippen LogP) is 1.90. The summed E-state index contributed by atoms with van der Waals surface area (Å²) in [7, 11) is 0. The van der Waals surface area contributed by atoms with Crippen LogP contribution in [0.5, 0.6) is 11.5 Å². The fraction of sp³-hybridized carbons (Fsp3) is 0.571. The maximum absolute atomic E-state index is 5.46. The van der Waals surface area contributed by atoms with E-state index in [1.807, 2.05) is 32.0 Å². The lowest BCUT2D eigenvalue weighted by Gasteiger charge is -2.17. The van der Waals surface area contributed by atoms with Crippen LogP contribution in [0.2, 0.25) is 0 Å². The van der Waals surface area contributed by atoms with Gasteiger partial charge in [0.25, 0.3) is 0 Å². The zero-order valence-electron chi connectivity index (χ0n) is 11.5. The van der Waals surface area contributed by atoms with Crippen molar-refractivity contribution >= 4 is 0 Å². The Labute approximate surface area is 113 Å². The second-order valence-electron chi connectivity index (χ2n) is 4.16. The molecule has 5 nitrogen and oxygen atoms in total. The molecule has 1 aliphatic rings. The minimum Gasteiger partial charge on any atom is -0.454 e. The normalized spacial score (nSPS) is 13.2. The summed E-state index contributed by atoms with van der Waals surface area (Å²) in [6, 6.07) is 5.95. The molecule has 0 atom stereocenters. The Morgan fingerprint density at radius 2 is 1.89 bits per heavy atom. The summed E-state index contributed by atoms with van der Waals surface area (Å²) >= 11 is 0. The second-order valence-corrected chi connectivity index (χ2v) is 4.16. The van der Waals surface area contributed by atoms with Crippen LogP contribution in [0.25, 0.3) is 0 Å². The van der Waals surface area contributed by atoms with Crippen LogP contribution in [-0.4, -0.2) is 32.8 Å². The Morgan fingerprint density at radius 3 is 2.63 bits per heavy atom. The molecule has 5 heteroatoms. The summed E-state index contributed by atoms with van der Waals surface area (Å²) < 4.78 is 21.6. The molecule has 0 unspecified atom stereocenters. The van der Waals surface area contributed by atoms with E-state index in [0.717, 1.165) is 23.6 Å². The lowest BCUT2D eigenvalue weighted by atomic mass is 10.2. The van der Waals surface area contributed by atoms with Crippen LogP contribution in [0, 0.1) is 0 Å². The van der Waals surface area contributed by atoms with Gasteiger partial charge in [-0.1, -0.05) is 6.07 Å². The molecule has 0 aliphatic carbocycles. The molecule has 0 aromatic heterocycles. The number of hydrogen-bond acceptors (Lipinski definition) is 5. The Kier molecular flexibility index (Phi) is 5.44. The highest BCUT2D eigenvalue weighted by atomic mass is 16.7. The van der Waals surface area contributed by atoms with Gasteiger partial charge < -0.3 is 24.3 Å². The second kappa shape index (κ2) is 7.33. The fourth-order valence-corrected chi connectivity index (χ4v) is 1.92. The lowest BCUT2D eigenvalue weighted by Crippen LogP contribution is -2.31. The standard InChI is InChI=1S/C14H21NO4/c1-3-16-14(17-4-2)9-15-8-11-5-6-12-13(7-11)19-10-18-12/h5-7,14-15H,3-4,8-10H2,1-2H3.